The first-order chi connectivity index (χ1) is 14.8. The molecular formula is C20H21Cl2N3O5S. The lowest BCUT2D eigenvalue weighted by Crippen LogP contribution is -2.44. The molecule has 0 spiro atoms. The number of carbonyl (C=O) groups is 2. The van der Waals surface area contributed by atoms with Crippen molar-refractivity contribution in [2.75, 3.05) is 19.7 Å². The summed E-state index contributed by atoms with van der Waals surface area (Å²) in [4.78, 5) is 24.3. The van der Waals surface area contributed by atoms with Crippen molar-refractivity contribution >= 4 is 45.0 Å². The van der Waals surface area contributed by atoms with Gasteiger partial charge in [-0.15, -0.1) is 0 Å². The molecule has 1 aliphatic rings. The molecular weight excluding hydrogens is 465 g/mol. The van der Waals surface area contributed by atoms with Gasteiger partial charge in [-0.2, -0.15) is 4.31 Å². The monoisotopic (exact) mass is 485 g/mol. The molecule has 0 aromatic heterocycles. The number of hydrazine groups is 1. The first kappa shape index (κ1) is 23.3. The fourth-order valence-corrected chi connectivity index (χ4v) is 5.05. The van der Waals surface area contributed by atoms with Crippen LogP contribution >= 0.6 is 23.2 Å². The molecule has 1 aliphatic heterocycles. The summed E-state index contributed by atoms with van der Waals surface area (Å²) in [6, 6.07) is 10.2. The fraction of sp³-hybridized carbons (Fsp3) is 0.300. The molecule has 8 nitrogen and oxygen atoms in total. The molecule has 0 radical (unpaired) electrons. The Kier molecular flexibility index (Phi) is 7.77. The number of hydrogen-bond acceptors (Lipinski definition) is 5. The van der Waals surface area contributed by atoms with Gasteiger partial charge in [0.15, 0.2) is 6.61 Å². The van der Waals surface area contributed by atoms with E-state index in [2.05, 4.69) is 10.9 Å². The minimum absolute atomic E-state index is 0.0362. The van der Waals surface area contributed by atoms with Gasteiger partial charge in [0.05, 0.1) is 9.92 Å². The van der Waals surface area contributed by atoms with Crippen molar-refractivity contribution in [2.45, 2.75) is 24.2 Å². The molecule has 0 aliphatic carbocycles. The van der Waals surface area contributed by atoms with Crippen molar-refractivity contribution in [3.05, 3.63) is 58.1 Å². The minimum Gasteiger partial charge on any atom is -0.482 e. The zero-order valence-corrected chi connectivity index (χ0v) is 18.8. The van der Waals surface area contributed by atoms with Crippen molar-refractivity contribution < 1.29 is 22.7 Å². The van der Waals surface area contributed by atoms with Gasteiger partial charge in [0.2, 0.25) is 10.0 Å². The summed E-state index contributed by atoms with van der Waals surface area (Å²) in [5.74, 6) is -1.02. The Morgan fingerprint density at radius 2 is 1.74 bits per heavy atom. The first-order valence-corrected chi connectivity index (χ1v) is 11.7. The van der Waals surface area contributed by atoms with Gasteiger partial charge in [-0.1, -0.05) is 35.7 Å². The molecule has 2 aromatic rings. The maximum absolute atomic E-state index is 12.8. The van der Waals surface area contributed by atoms with Gasteiger partial charge in [-0.25, -0.2) is 8.42 Å². The average molecular weight is 486 g/mol. The SMILES string of the molecule is O=C(COc1ccc(Cl)cc1Cl)NNC(=O)c1cccc(S(=O)(=O)N2CCCCC2)c1. The molecule has 1 saturated heterocycles. The van der Waals surface area contributed by atoms with Crippen molar-refractivity contribution in [3.63, 3.8) is 0 Å². The molecule has 31 heavy (non-hydrogen) atoms. The summed E-state index contributed by atoms with van der Waals surface area (Å²) in [5.41, 5.74) is 4.54. The first-order valence-electron chi connectivity index (χ1n) is 9.54. The third-order valence-electron chi connectivity index (χ3n) is 4.62. The van der Waals surface area contributed by atoms with Crippen molar-refractivity contribution in [2.24, 2.45) is 0 Å². The normalized spacial score (nSPS) is 14.6. The predicted octanol–water partition coefficient (Wildman–Crippen LogP) is 3.01. The Morgan fingerprint density at radius 3 is 2.45 bits per heavy atom. The van der Waals surface area contributed by atoms with Crippen LogP contribution in [-0.2, 0) is 14.8 Å². The summed E-state index contributed by atoms with van der Waals surface area (Å²) in [7, 11) is -3.67. The molecule has 1 heterocycles. The summed E-state index contributed by atoms with van der Waals surface area (Å²) in [5, 5.41) is 0.676. The van der Waals surface area contributed by atoms with Crippen LogP contribution in [0.2, 0.25) is 10.0 Å². The third kappa shape index (κ3) is 6.10. The van der Waals surface area contributed by atoms with Gasteiger partial charge in [0.25, 0.3) is 11.8 Å². The zero-order chi connectivity index (χ0) is 22.4. The number of benzene rings is 2. The fourth-order valence-electron chi connectivity index (χ4n) is 3.02. The van der Waals surface area contributed by atoms with E-state index in [1.54, 1.807) is 6.07 Å². The summed E-state index contributed by atoms with van der Waals surface area (Å²) >= 11 is 11.8. The van der Waals surface area contributed by atoms with Crippen LogP contribution in [0.3, 0.4) is 0 Å². The maximum Gasteiger partial charge on any atom is 0.276 e. The Balaban J connectivity index is 1.56. The highest BCUT2D eigenvalue weighted by molar-refractivity contribution is 7.89. The van der Waals surface area contributed by atoms with Crippen LogP contribution in [0.4, 0.5) is 0 Å². The summed E-state index contributed by atoms with van der Waals surface area (Å²) in [6.07, 6.45) is 2.63. The molecule has 2 N–H and O–H groups in total. The lowest BCUT2D eigenvalue weighted by atomic mass is 10.2. The van der Waals surface area contributed by atoms with Crippen molar-refractivity contribution in [3.8, 4) is 5.75 Å². The van der Waals surface area contributed by atoms with E-state index in [1.807, 2.05) is 0 Å². The van der Waals surface area contributed by atoms with E-state index in [-0.39, 0.29) is 21.2 Å². The molecule has 3 rings (SSSR count). The molecule has 0 saturated carbocycles. The second-order valence-corrected chi connectivity index (χ2v) is 9.64. The van der Waals surface area contributed by atoms with Gasteiger partial charge in [0, 0.05) is 23.7 Å². The van der Waals surface area contributed by atoms with Gasteiger partial charge >= 0.3 is 0 Å². The summed E-state index contributed by atoms with van der Waals surface area (Å²) in [6.45, 7) is 0.532. The van der Waals surface area contributed by atoms with E-state index in [1.165, 1.54) is 40.7 Å². The zero-order valence-electron chi connectivity index (χ0n) is 16.4. The van der Waals surface area contributed by atoms with Gasteiger partial charge in [0.1, 0.15) is 5.75 Å². The van der Waals surface area contributed by atoms with E-state index >= 15 is 0 Å². The lowest BCUT2D eigenvalue weighted by Gasteiger charge is -2.26. The van der Waals surface area contributed by atoms with Crippen molar-refractivity contribution in [1.82, 2.24) is 15.2 Å². The number of nitrogens with one attached hydrogen (secondary N) is 2. The maximum atomic E-state index is 12.8. The molecule has 1 fully saturated rings. The molecule has 0 unspecified atom stereocenters. The number of carbonyl (C=O) groups excluding carboxylic acids is 2. The van der Waals surface area contributed by atoms with Gasteiger partial charge < -0.3 is 4.74 Å². The van der Waals surface area contributed by atoms with Gasteiger partial charge in [-0.05, 0) is 49.2 Å². The van der Waals surface area contributed by atoms with E-state index in [4.69, 9.17) is 27.9 Å². The van der Waals surface area contributed by atoms with E-state index < -0.39 is 28.4 Å². The second-order valence-electron chi connectivity index (χ2n) is 6.86. The van der Waals surface area contributed by atoms with E-state index in [0.29, 0.717) is 18.1 Å². The minimum atomic E-state index is -3.67. The Morgan fingerprint density at radius 1 is 1.00 bits per heavy atom. The highest BCUT2D eigenvalue weighted by Crippen LogP contribution is 2.27. The third-order valence-corrected chi connectivity index (χ3v) is 7.04. The molecule has 0 atom stereocenters. The van der Waals surface area contributed by atoms with Crippen LogP contribution in [0.15, 0.2) is 47.4 Å². The Labute approximate surface area is 190 Å². The number of nitrogens with zero attached hydrogens (tertiary/aromatic N) is 1. The Bertz CT molecular complexity index is 1070. The van der Waals surface area contributed by atoms with Gasteiger partial charge in [-0.3, -0.25) is 20.4 Å². The van der Waals surface area contributed by atoms with E-state index in [0.717, 1.165) is 19.3 Å². The van der Waals surface area contributed by atoms with Crippen LogP contribution in [-0.4, -0.2) is 44.2 Å². The quantitative estimate of drug-likeness (QED) is 0.611. The molecule has 166 valence electrons. The predicted molar refractivity (Wildman–Crippen MR) is 117 cm³/mol. The largest absolute Gasteiger partial charge is 0.482 e. The van der Waals surface area contributed by atoms with E-state index in [9.17, 15) is 18.0 Å². The number of amides is 2. The van der Waals surface area contributed by atoms with Crippen LogP contribution in [0.25, 0.3) is 0 Å². The van der Waals surface area contributed by atoms with Crippen LogP contribution in [0, 0.1) is 0 Å². The standard InChI is InChI=1S/C20H21Cl2N3O5S/c21-15-7-8-18(17(22)12-15)30-13-19(26)23-24-20(27)14-5-4-6-16(11-14)31(28,29)25-9-2-1-3-10-25/h4-8,11-12H,1-3,9-10,13H2,(H,23,26)(H,24,27). The lowest BCUT2D eigenvalue weighted by molar-refractivity contribution is -0.123. The summed E-state index contributed by atoms with van der Waals surface area (Å²) < 4.78 is 32.3. The molecule has 0 bridgehead atoms. The Hall–Kier alpha value is -2.33. The smallest absolute Gasteiger partial charge is 0.276 e. The number of halogens is 2. The second kappa shape index (κ2) is 10.3. The molecule has 2 aromatic carbocycles. The highest BCUT2D eigenvalue weighted by atomic mass is 35.5. The van der Waals surface area contributed by atoms with Crippen LogP contribution in [0.1, 0.15) is 29.6 Å². The molecule has 11 heteroatoms. The van der Waals surface area contributed by atoms with Crippen LogP contribution in [0.5, 0.6) is 5.75 Å². The highest BCUT2D eigenvalue weighted by Gasteiger charge is 2.26. The molecule has 2 amide bonds. The number of piperidine rings is 1. The number of rotatable bonds is 6. The number of ether oxygens (including phenoxy) is 1. The van der Waals surface area contributed by atoms with Crippen molar-refractivity contribution in [1.29, 1.82) is 0 Å². The number of sulfonamides is 1. The average Bonchev–Trinajstić information content (AvgIpc) is 2.77. The van der Waals surface area contributed by atoms with Crippen LogP contribution < -0.4 is 15.6 Å². The number of hydrogen-bond donors (Lipinski definition) is 2. The topological polar surface area (TPSA) is 105 Å².